The lowest BCUT2D eigenvalue weighted by molar-refractivity contribution is 0.0220. The first-order valence-electron chi connectivity index (χ1n) is 6.39. The Morgan fingerprint density at radius 1 is 1.30 bits per heavy atom. The molecule has 3 rings (SSSR count). The Hall–Kier alpha value is -1.24. The fourth-order valence-electron chi connectivity index (χ4n) is 2.67. The van der Waals surface area contributed by atoms with Gasteiger partial charge in [0.1, 0.15) is 0 Å². The van der Waals surface area contributed by atoms with Gasteiger partial charge < -0.3 is 0 Å². The van der Waals surface area contributed by atoms with Crippen molar-refractivity contribution in [2.24, 2.45) is 5.41 Å². The average molecular weight is 308 g/mol. The summed E-state index contributed by atoms with van der Waals surface area (Å²) in [6.45, 7) is 4.72. The summed E-state index contributed by atoms with van der Waals surface area (Å²) in [4.78, 5) is 5.07. The predicted molar refractivity (Wildman–Crippen MR) is 79.0 cm³/mol. The molecule has 1 saturated heterocycles. The fourth-order valence-corrected chi connectivity index (χ4v) is 5.65. The largest absolute Gasteiger partial charge is 0.261 e. The van der Waals surface area contributed by atoms with Gasteiger partial charge in [0.15, 0.2) is 5.03 Å². The van der Waals surface area contributed by atoms with Gasteiger partial charge in [-0.2, -0.15) is 4.31 Å². The van der Waals surface area contributed by atoms with Crippen molar-refractivity contribution in [2.75, 3.05) is 6.54 Å². The number of pyridine rings is 1. The van der Waals surface area contributed by atoms with E-state index < -0.39 is 10.0 Å². The van der Waals surface area contributed by atoms with Crippen LogP contribution in [0.1, 0.15) is 24.8 Å². The lowest BCUT2D eigenvalue weighted by Gasteiger charge is -2.52. The molecule has 0 amide bonds. The highest BCUT2D eigenvalue weighted by atomic mass is 32.2. The lowest BCUT2D eigenvalue weighted by Crippen LogP contribution is -2.57. The number of sulfonamides is 1. The summed E-state index contributed by atoms with van der Waals surface area (Å²) >= 11 is 1.60. The molecule has 1 aliphatic rings. The Labute approximate surface area is 123 Å². The van der Waals surface area contributed by atoms with Gasteiger partial charge in [0.05, 0.1) is 6.04 Å². The topological polar surface area (TPSA) is 50.3 Å². The van der Waals surface area contributed by atoms with Crippen LogP contribution >= 0.6 is 11.3 Å². The van der Waals surface area contributed by atoms with Crippen molar-refractivity contribution in [1.82, 2.24) is 9.29 Å². The van der Waals surface area contributed by atoms with Gasteiger partial charge in [-0.05, 0) is 23.6 Å². The molecule has 0 spiro atoms. The van der Waals surface area contributed by atoms with Crippen molar-refractivity contribution in [2.45, 2.75) is 24.9 Å². The van der Waals surface area contributed by atoms with Gasteiger partial charge in [-0.3, -0.25) is 0 Å². The molecule has 1 atom stereocenters. The number of hydrogen-bond acceptors (Lipinski definition) is 4. The second-order valence-electron chi connectivity index (χ2n) is 5.62. The summed E-state index contributed by atoms with van der Waals surface area (Å²) in [6, 6.07) is 8.82. The maximum Gasteiger partial charge on any atom is 0.261 e. The quantitative estimate of drug-likeness (QED) is 0.876. The summed E-state index contributed by atoms with van der Waals surface area (Å²) in [5.74, 6) is 0. The van der Waals surface area contributed by atoms with E-state index in [1.165, 1.54) is 6.20 Å². The molecule has 0 radical (unpaired) electrons. The van der Waals surface area contributed by atoms with E-state index in [4.69, 9.17) is 0 Å². The van der Waals surface area contributed by atoms with Crippen molar-refractivity contribution in [3.8, 4) is 0 Å². The molecule has 3 heterocycles. The van der Waals surface area contributed by atoms with Gasteiger partial charge in [-0.25, -0.2) is 13.4 Å². The first-order chi connectivity index (χ1) is 9.43. The van der Waals surface area contributed by atoms with Gasteiger partial charge in [-0.15, -0.1) is 11.3 Å². The van der Waals surface area contributed by atoms with Crippen LogP contribution < -0.4 is 0 Å². The second-order valence-corrected chi connectivity index (χ2v) is 8.44. The van der Waals surface area contributed by atoms with E-state index in [0.717, 1.165) is 4.88 Å². The highest BCUT2D eigenvalue weighted by Crippen LogP contribution is 2.51. The van der Waals surface area contributed by atoms with Crippen LogP contribution in [-0.4, -0.2) is 24.3 Å². The Balaban J connectivity index is 1.99. The second kappa shape index (κ2) is 4.65. The number of thiophene rings is 1. The third-order valence-electron chi connectivity index (χ3n) is 3.62. The minimum absolute atomic E-state index is 0.0489. The summed E-state index contributed by atoms with van der Waals surface area (Å²) in [5, 5.41) is 2.10. The molecule has 20 heavy (non-hydrogen) atoms. The maximum absolute atomic E-state index is 12.7. The van der Waals surface area contributed by atoms with Gasteiger partial charge in [-0.1, -0.05) is 26.0 Å². The van der Waals surface area contributed by atoms with Crippen LogP contribution in [-0.2, 0) is 10.0 Å². The van der Waals surface area contributed by atoms with Gasteiger partial charge >= 0.3 is 0 Å². The molecule has 1 unspecified atom stereocenters. The molecule has 0 aromatic carbocycles. The zero-order valence-corrected chi connectivity index (χ0v) is 13.0. The van der Waals surface area contributed by atoms with Crippen molar-refractivity contribution in [1.29, 1.82) is 0 Å². The van der Waals surface area contributed by atoms with Gasteiger partial charge in [0.25, 0.3) is 10.0 Å². The van der Waals surface area contributed by atoms with Gasteiger partial charge in [0, 0.05) is 23.0 Å². The average Bonchev–Trinajstić information content (AvgIpc) is 2.90. The molecule has 2 aromatic heterocycles. The molecule has 0 aliphatic carbocycles. The Kier molecular flexibility index (Phi) is 3.19. The summed E-state index contributed by atoms with van der Waals surface area (Å²) < 4.78 is 26.9. The molecule has 0 saturated carbocycles. The van der Waals surface area contributed by atoms with E-state index in [1.807, 2.05) is 17.5 Å². The van der Waals surface area contributed by atoms with Crippen molar-refractivity contribution in [3.63, 3.8) is 0 Å². The summed E-state index contributed by atoms with van der Waals surface area (Å²) in [7, 11) is -3.52. The van der Waals surface area contributed by atoms with Crippen LogP contribution in [0.4, 0.5) is 0 Å². The molecule has 0 N–H and O–H groups in total. The highest BCUT2D eigenvalue weighted by molar-refractivity contribution is 7.89. The van der Waals surface area contributed by atoms with Crippen LogP contribution in [0.3, 0.4) is 0 Å². The van der Waals surface area contributed by atoms with E-state index in [0.29, 0.717) is 6.54 Å². The molecule has 2 aromatic rings. The molecule has 106 valence electrons. The Morgan fingerprint density at radius 2 is 2.10 bits per heavy atom. The van der Waals surface area contributed by atoms with E-state index in [1.54, 1.807) is 33.8 Å². The standard InChI is InChI=1S/C14H16N2O2S2/c1-14(2)10-16(13(14)11-6-5-9-19-11)20(17,18)12-7-3-4-8-15-12/h3-9,13H,10H2,1-2H3. The molecular weight excluding hydrogens is 292 g/mol. The molecule has 4 nitrogen and oxygen atoms in total. The molecule has 0 bridgehead atoms. The minimum atomic E-state index is -3.52. The minimum Gasteiger partial charge on any atom is -0.243 e. The molecular formula is C14H16N2O2S2. The van der Waals surface area contributed by atoms with Crippen LogP contribution in [0.5, 0.6) is 0 Å². The first kappa shape index (κ1) is 13.7. The third kappa shape index (κ3) is 2.08. The van der Waals surface area contributed by atoms with Gasteiger partial charge in [0.2, 0.25) is 0 Å². The zero-order valence-electron chi connectivity index (χ0n) is 11.4. The van der Waals surface area contributed by atoms with Crippen LogP contribution in [0.2, 0.25) is 0 Å². The van der Waals surface area contributed by atoms with E-state index in [2.05, 4.69) is 18.8 Å². The number of aromatic nitrogens is 1. The van der Waals surface area contributed by atoms with Crippen molar-refractivity contribution >= 4 is 21.4 Å². The number of hydrogen-bond donors (Lipinski definition) is 0. The monoisotopic (exact) mass is 308 g/mol. The lowest BCUT2D eigenvalue weighted by atomic mass is 9.76. The van der Waals surface area contributed by atoms with Crippen LogP contribution in [0, 0.1) is 5.41 Å². The van der Waals surface area contributed by atoms with Crippen LogP contribution in [0.15, 0.2) is 46.9 Å². The van der Waals surface area contributed by atoms with Crippen molar-refractivity contribution < 1.29 is 8.42 Å². The SMILES string of the molecule is CC1(C)CN(S(=O)(=O)c2ccccn2)C1c1cccs1. The van der Waals surface area contributed by atoms with E-state index in [-0.39, 0.29) is 16.5 Å². The molecule has 6 heteroatoms. The normalized spacial score (nSPS) is 22.4. The summed E-state index contributed by atoms with van der Waals surface area (Å²) in [6.07, 6.45) is 1.51. The number of nitrogens with zero attached hydrogens (tertiary/aromatic N) is 2. The maximum atomic E-state index is 12.7. The van der Waals surface area contributed by atoms with E-state index in [9.17, 15) is 8.42 Å². The van der Waals surface area contributed by atoms with E-state index >= 15 is 0 Å². The fraction of sp³-hybridized carbons (Fsp3) is 0.357. The third-order valence-corrected chi connectivity index (χ3v) is 6.27. The molecule has 1 aliphatic heterocycles. The Bertz CT molecular complexity index is 694. The molecule has 1 fully saturated rings. The zero-order chi connectivity index (χ0) is 14.4. The van der Waals surface area contributed by atoms with Crippen LogP contribution in [0.25, 0.3) is 0 Å². The summed E-state index contributed by atoms with van der Waals surface area (Å²) in [5.41, 5.74) is -0.0489. The highest BCUT2D eigenvalue weighted by Gasteiger charge is 2.53. The van der Waals surface area contributed by atoms with Crippen molar-refractivity contribution in [3.05, 3.63) is 46.8 Å². The predicted octanol–water partition coefficient (Wildman–Crippen LogP) is 2.91. The number of rotatable bonds is 3. The first-order valence-corrected chi connectivity index (χ1v) is 8.71. The smallest absolute Gasteiger partial charge is 0.243 e. The Morgan fingerprint density at radius 3 is 2.65 bits per heavy atom.